The summed E-state index contributed by atoms with van der Waals surface area (Å²) >= 11 is 0. The summed E-state index contributed by atoms with van der Waals surface area (Å²) in [4.78, 5) is 0. The lowest BCUT2D eigenvalue weighted by atomic mass is 10.1. The van der Waals surface area contributed by atoms with E-state index in [1.54, 1.807) is 14.2 Å². The maximum atomic E-state index is 5.92. The van der Waals surface area contributed by atoms with Crippen LogP contribution in [0.1, 0.15) is 18.0 Å². The first-order chi connectivity index (χ1) is 7.19. The fourth-order valence-electron chi connectivity index (χ4n) is 1.66. The molecule has 3 nitrogen and oxygen atoms in total. The Hall–Kier alpha value is -0.843. The zero-order chi connectivity index (χ0) is 11.3. The monoisotopic (exact) mass is 225 g/mol. The summed E-state index contributed by atoms with van der Waals surface area (Å²) in [7, 11) is 2.87. The first kappa shape index (κ1) is 12.2. The van der Waals surface area contributed by atoms with E-state index < -0.39 is 9.52 Å². The predicted octanol–water partition coefficient (Wildman–Crippen LogP) is 1.07. The van der Waals surface area contributed by atoms with E-state index >= 15 is 0 Å². The van der Waals surface area contributed by atoms with Gasteiger partial charge in [0.2, 0.25) is 0 Å². The Balaban J connectivity index is 2.68. The molecule has 0 radical (unpaired) electrons. The molecule has 0 aliphatic heterocycles. The number of para-hydroxylation sites is 1. The van der Waals surface area contributed by atoms with Crippen LogP contribution >= 0.6 is 0 Å². The van der Waals surface area contributed by atoms with E-state index in [0.717, 1.165) is 5.69 Å². The van der Waals surface area contributed by atoms with Gasteiger partial charge in [0.05, 0.1) is 9.52 Å². The van der Waals surface area contributed by atoms with Crippen molar-refractivity contribution in [1.82, 2.24) is 0 Å². The molecule has 4 heteroatoms. The highest BCUT2D eigenvalue weighted by molar-refractivity contribution is 6.39. The average molecular weight is 225 g/mol. The second kappa shape index (κ2) is 5.90. The number of anilines is 1. The molecule has 84 valence electrons. The van der Waals surface area contributed by atoms with Crippen LogP contribution in [0.3, 0.4) is 0 Å². The number of hydrogen-bond acceptors (Lipinski definition) is 3. The molecule has 0 fully saturated rings. The molecular formula is C11H19NO2Si. The van der Waals surface area contributed by atoms with Crippen LogP contribution in [0.5, 0.6) is 0 Å². The first-order valence-electron chi connectivity index (χ1n) is 5.09. The van der Waals surface area contributed by atoms with Gasteiger partial charge in [-0.3, -0.25) is 0 Å². The van der Waals surface area contributed by atoms with Crippen molar-refractivity contribution in [3.05, 3.63) is 29.8 Å². The molecule has 0 amide bonds. The second-order valence-electron chi connectivity index (χ2n) is 3.67. The quantitative estimate of drug-likeness (QED) is 0.463. The molecule has 1 rings (SSSR count). The van der Waals surface area contributed by atoms with Crippen molar-refractivity contribution in [2.45, 2.75) is 18.4 Å². The van der Waals surface area contributed by atoms with Crippen molar-refractivity contribution in [2.24, 2.45) is 0 Å². The molecule has 15 heavy (non-hydrogen) atoms. The summed E-state index contributed by atoms with van der Waals surface area (Å²) in [5, 5.41) is 0. The highest BCUT2D eigenvalue weighted by atomic mass is 28.2. The van der Waals surface area contributed by atoms with Crippen molar-refractivity contribution in [2.75, 3.05) is 20.0 Å². The molecule has 1 aromatic carbocycles. The largest absolute Gasteiger partial charge is 0.399 e. The van der Waals surface area contributed by atoms with Gasteiger partial charge in [0, 0.05) is 19.9 Å². The number of methoxy groups -OCH3 is 2. The van der Waals surface area contributed by atoms with Crippen molar-refractivity contribution in [3.63, 3.8) is 0 Å². The van der Waals surface area contributed by atoms with Crippen LogP contribution in [0.15, 0.2) is 24.3 Å². The molecule has 1 unspecified atom stereocenters. The Labute approximate surface area is 93.4 Å². The molecule has 2 N–H and O–H groups in total. The number of rotatable bonds is 5. The van der Waals surface area contributed by atoms with E-state index in [1.165, 1.54) is 5.56 Å². The normalized spacial score (nSPS) is 13.9. The van der Waals surface area contributed by atoms with Gasteiger partial charge in [0.25, 0.3) is 0 Å². The zero-order valence-electron chi connectivity index (χ0n) is 9.57. The van der Waals surface area contributed by atoms with Crippen LogP contribution in [0.4, 0.5) is 5.69 Å². The van der Waals surface area contributed by atoms with Crippen molar-refractivity contribution in [1.29, 1.82) is 0 Å². The Morgan fingerprint density at radius 3 is 2.33 bits per heavy atom. The smallest absolute Gasteiger partial charge is 0.134 e. The third-order valence-corrected chi connectivity index (χ3v) is 4.80. The summed E-state index contributed by atoms with van der Waals surface area (Å²) in [6.45, 7) is 2.18. The molecule has 0 heterocycles. The van der Waals surface area contributed by atoms with Crippen molar-refractivity contribution < 1.29 is 9.47 Å². The molecule has 0 aliphatic carbocycles. The summed E-state index contributed by atoms with van der Waals surface area (Å²) in [5.41, 5.74) is 8.46. The minimum absolute atomic E-state index is 0.0281. The Kier molecular flexibility index (Phi) is 4.81. The lowest BCUT2D eigenvalue weighted by Gasteiger charge is -2.19. The summed E-state index contributed by atoms with van der Waals surface area (Å²) < 4.78 is 10.5. The zero-order valence-corrected chi connectivity index (χ0v) is 11.0. The van der Waals surface area contributed by atoms with Crippen molar-refractivity contribution >= 4 is 15.2 Å². The number of hydrogen-bond donors (Lipinski definition) is 1. The van der Waals surface area contributed by atoms with Crippen LogP contribution < -0.4 is 5.73 Å². The summed E-state index contributed by atoms with van der Waals surface area (Å²) in [6.07, 6.45) is 0. The number of ether oxygens (including phenoxy) is 2. The second-order valence-corrected chi connectivity index (χ2v) is 6.03. The molecule has 0 saturated carbocycles. The molecule has 0 spiro atoms. The first-order valence-corrected chi connectivity index (χ1v) is 6.72. The van der Waals surface area contributed by atoms with E-state index in [2.05, 4.69) is 13.0 Å². The van der Waals surface area contributed by atoms with Crippen LogP contribution in [-0.4, -0.2) is 29.7 Å². The van der Waals surface area contributed by atoms with Gasteiger partial charge in [0.15, 0.2) is 0 Å². The van der Waals surface area contributed by atoms with Crippen LogP contribution in [0, 0.1) is 0 Å². The Morgan fingerprint density at radius 2 is 1.80 bits per heavy atom. The highest BCUT2D eigenvalue weighted by Gasteiger charge is 2.15. The van der Waals surface area contributed by atoms with Gasteiger partial charge >= 0.3 is 0 Å². The van der Waals surface area contributed by atoms with Crippen LogP contribution in [-0.2, 0) is 9.47 Å². The van der Waals surface area contributed by atoms with Gasteiger partial charge in [-0.05, 0) is 17.2 Å². The van der Waals surface area contributed by atoms with Gasteiger partial charge < -0.3 is 15.2 Å². The SMILES string of the molecule is COC(OC)[SiH2]C(C)c1ccccc1N. The van der Waals surface area contributed by atoms with Crippen LogP contribution in [0.25, 0.3) is 0 Å². The Morgan fingerprint density at radius 1 is 1.20 bits per heavy atom. The Bertz CT molecular complexity index is 302. The predicted molar refractivity (Wildman–Crippen MR) is 65.6 cm³/mol. The topological polar surface area (TPSA) is 44.5 Å². The van der Waals surface area contributed by atoms with E-state index in [-0.39, 0.29) is 5.91 Å². The van der Waals surface area contributed by atoms with E-state index in [0.29, 0.717) is 5.54 Å². The lowest BCUT2D eigenvalue weighted by Crippen LogP contribution is -2.26. The minimum atomic E-state index is -0.494. The summed E-state index contributed by atoms with van der Waals surface area (Å²) in [6, 6.07) is 7.99. The maximum Gasteiger partial charge on any atom is 0.134 e. The molecule has 0 aliphatic rings. The van der Waals surface area contributed by atoms with Crippen molar-refractivity contribution in [3.8, 4) is 0 Å². The number of benzene rings is 1. The average Bonchev–Trinajstić information content (AvgIpc) is 2.26. The van der Waals surface area contributed by atoms with Gasteiger partial charge in [-0.2, -0.15) is 0 Å². The van der Waals surface area contributed by atoms with Gasteiger partial charge in [-0.1, -0.05) is 25.1 Å². The fraction of sp³-hybridized carbons (Fsp3) is 0.455. The van der Waals surface area contributed by atoms with E-state index in [1.807, 2.05) is 18.2 Å². The molecule has 0 bridgehead atoms. The molecule has 1 aromatic rings. The third-order valence-electron chi connectivity index (χ3n) is 2.60. The fourth-order valence-corrected chi connectivity index (χ4v) is 3.25. The van der Waals surface area contributed by atoms with E-state index in [4.69, 9.17) is 15.2 Å². The molecule has 1 atom stereocenters. The molecular weight excluding hydrogens is 206 g/mol. The third kappa shape index (κ3) is 3.34. The van der Waals surface area contributed by atoms with Gasteiger partial charge in [0.1, 0.15) is 5.91 Å². The van der Waals surface area contributed by atoms with Crippen LogP contribution in [0.2, 0.25) is 0 Å². The number of nitrogens with two attached hydrogens (primary N) is 1. The number of nitrogen functional groups attached to an aromatic ring is 1. The molecule has 0 saturated heterocycles. The minimum Gasteiger partial charge on any atom is -0.399 e. The highest BCUT2D eigenvalue weighted by Crippen LogP contribution is 2.21. The standard InChI is InChI=1S/C11H19NO2Si/c1-8(15-11(13-2)14-3)9-6-4-5-7-10(9)12/h4-8,11H,12,15H2,1-3H3. The van der Waals surface area contributed by atoms with E-state index in [9.17, 15) is 0 Å². The van der Waals surface area contributed by atoms with Gasteiger partial charge in [-0.25, -0.2) is 0 Å². The molecule has 0 aromatic heterocycles. The maximum absolute atomic E-state index is 5.92. The summed E-state index contributed by atoms with van der Waals surface area (Å²) in [5.74, 6) is -0.0281. The van der Waals surface area contributed by atoms with Gasteiger partial charge in [-0.15, -0.1) is 0 Å². The lowest BCUT2D eigenvalue weighted by molar-refractivity contribution is -0.0446.